The van der Waals surface area contributed by atoms with Crippen LogP contribution in [0.5, 0.6) is 0 Å². The molecule has 0 atom stereocenters. The van der Waals surface area contributed by atoms with E-state index in [1.54, 1.807) is 6.20 Å². The molecule has 0 aliphatic carbocycles. The number of rotatable bonds is 5. The monoisotopic (exact) mass is 274 g/mol. The Morgan fingerprint density at radius 3 is 2.63 bits per heavy atom. The van der Waals surface area contributed by atoms with Crippen LogP contribution in [0.2, 0.25) is 0 Å². The van der Waals surface area contributed by atoms with Crippen molar-refractivity contribution in [3.8, 4) is 0 Å². The third-order valence-electron chi connectivity index (χ3n) is 2.88. The number of carbonyl (C=O) groups is 1. The van der Waals surface area contributed by atoms with Gasteiger partial charge in [-0.2, -0.15) is 0 Å². The van der Waals surface area contributed by atoms with Gasteiger partial charge in [0.25, 0.3) is 5.91 Å². The number of unbranched alkanes of at least 4 members (excludes halogenated alkanes) is 1. The van der Waals surface area contributed by atoms with E-state index >= 15 is 0 Å². The van der Waals surface area contributed by atoms with Crippen LogP contribution >= 0.6 is 11.3 Å². The second-order valence-electron chi connectivity index (χ2n) is 4.53. The quantitative estimate of drug-likeness (QED) is 0.893. The summed E-state index contributed by atoms with van der Waals surface area (Å²) in [6, 6.07) is 7.80. The lowest BCUT2D eigenvalue weighted by Crippen LogP contribution is -2.11. The molecule has 0 saturated carbocycles. The van der Waals surface area contributed by atoms with E-state index in [4.69, 9.17) is 0 Å². The van der Waals surface area contributed by atoms with Crippen molar-refractivity contribution in [2.75, 3.05) is 5.32 Å². The molecule has 1 aromatic carbocycles. The van der Waals surface area contributed by atoms with Crippen molar-refractivity contribution >= 4 is 22.4 Å². The average molecular weight is 274 g/mol. The molecular weight excluding hydrogens is 256 g/mol. The fraction of sp³-hybridized carbons (Fsp3) is 0.333. The van der Waals surface area contributed by atoms with Crippen LogP contribution in [0, 0.1) is 6.92 Å². The second-order valence-corrected chi connectivity index (χ2v) is 5.77. The van der Waals surface area contributed by atoms with E-state index in [0.29, 0.717) is 10.7 Å². The Bertz CT molecular complexity index is 546. The number of nitrogens with zero attached hydrogens (tertiary/aromatic N) is 1. The van der Waals surface area contributed by atoms with Crippen LogP contribution in [-0.4, -0.2) is 10.9 Å². The van der Waals surface area contributed by atoms with Crippen molar-refractivity contribution in [1.82, 2.24) is 4.98 Å². The minimum absolute atomic E-state index is 0.101. The molecule has 2 rings (SSSR count). The molecule has 1 N–H and O–H groups in total. The molecule has 100 valence electrons. The third kappa shape index (κ3) is 3.89. The Kier molecular flexibility index (Phi) is 4.68. The number of carbonyl (C=O) groups excluding carboxylic acids is 1. The molecule has 0 bridgehead atoms. The van der Waals surface area contributed by atoms with Crippen molar-refractivity contribution in [3.05, 3.63) is 46.5 Å². The molecule has 3 nitrogen and oxygen atoms in total. The third-order valence-corrected chi connectivity index (χ3v) is 3.71. The Hall–Kier alpha value is -1.68. The smallest absolute Gasteiger partial charge is 0.257 e. The van der Waals surface area contributed by atoms with Gasteiger partial charge in [0, 0.05) is 16.6 Å². The lowest BCUT2D eigenvalue weighted by atomic mass is 10.1. The summed E-state index contributed by atoms with van der Waals surface area (Å²) in [5.41, 5.74) is 1.96. The summed E-state index contributed by atoms with van der Waals surface area (Å²) >= 11 is 1.48. The summed E-state index contributed by atoms with van der Waals surface area (Å²) in [7, 11) is 0. The van der Waals surface area contributed by atoms with Gasteiger partial charge in [-0.1, -0.05) is 25.5 Å². The van der Waals surface area contributed by atoms with Gasteiger partial charge in [-0.15, -0.1) is 11.3 Å². The molecule has 4 heteroatoms. The molecule has 1 amide bonds. The molecule has 0 saturated heterocycles. The number of amides is 1. The fourth-order valence-corrected chi connectivity index (χ4v) is 2.45. The highest BCUT2D eigenvalue weighted by Gasteiger charge is 2.08. The SMILES string of the molecule is CCCCc1ccc(C(=O)Nc2ncc(C)s2)cc1. The maximum absolute atomic E-state index is 12.0. The van der Waals surface area contributed by atoms with Crippen LogP contribution in [0.15, 0.2) is 30.5 Å². The van der Waals surface area contributed by atoms with Crippen LogP contribution in [0.4, 0.5) is 5.13 Å². The molecule has 1 heterocycles. The van der Waals surface area contributed by atoms with Crippen molar-refractivity contribution in [3.63, 3.8) is 0 Å². The zero-order valence-corrected chi connectivity index (χ0v) is 12.1. The van der Waals surface area contributed by atoms with Crippen molar-refractivity contribution in [2.24, 2.45) is 0 Å². The predicted molar refractivity (Wildman–Crippen MR) is 79.9 cm³/mol. The molecule has 0 unspecified atom stereocenters. The molecule has 19 heavy (non-hydrogen) atoms. The van der Waals surface area contributed by atoms with Crippen molar-refractivity contribution < 1.29 is 4.79 Å². The zero-order chi connectivity index (χ0) is 13.7. The Morgan fingerprint density at radius 2 is 2.05 bits per heavy atom. The topological polar surface area (TPSA) is 42.0 Å². The fourth-order valence-electron chi connectivity index (χ4n) is 1.79. The van der Waals surface area contributed by atoms with E-state index in [0.717, 1.165) is 11.3 Å². The van der Waals surface area contributed by atoms with E-state index < -0.39 is 0 Å². The van der Waals surface area contributed by atoms with Gasteiger partial charge >= 0.3 is 0 Å². The molecule has 0 fully saturated rings. The number of hydrogen-bond acceptors (Lipinski definition) is 3. The number of hydrogen-bond donors (Lipinski definition) is 1. The van der Waals surface area contributed by atoms with E-state index in [1.165, 1.54) is 29.7 Å². The maximum atomic E-state index is 12.0. The first kappa shape index (κ1) is 13.7. The van der Waals surface area contributed by atoms with Gasteiger partial charge in [0.05, 0.1) is 0 Å². The average Bonchev–Trinajstić information content (AvgIpc) is 2.82. The number of aromatic nitrogens is 1. The molecule has 0 aliphatic heterocycles. The second kappa shape index (κ2) is 6.48. The van der Waals surface area contributed by atoms with Gasteiger partial charge in [0.2, 0.25) is 0 Å². The number of anilines is 1. The van der Waals surface area contributed by atoms with Gasteiger partial charge in [0.1, 0.15) is 0 Å². The summed E-state index contributed by atoms with van der Waals surface area (Å²) in [4.78, 5) is 17.2. The molecule has 0 radical (unpaired) electrons. The van der Waals surface area contributed by atoms with Crippen molar-refractivity contribution in [1.29, 1.82) is 0 Å². The number of nitrogens with one attached hydrogen (secondary N) is 1. The lowest BCUT2D eigenvalue weighted by molar-refractivity contribution is 0.102. The van der Waals surface area contributed by atoms with Crippen LogP contribution in [0.25, 0.3) is 0 Å². The Morgan fingerprint density at radius 1 is 1.32 bits per heavy atom. The van der Waals surface area contributed by atoms with Crippen LogP contribution < -0.4 is 5.32 Å². The number of thiazole rings is 1. The first-order chi connectivity index (χ1) is 9.19. The molecular formula is C15H18N2OS. The highest BCUT2D eigenvalue weighted by molar-refractivity contribution is 7.15. The summed E-state index contributed by atoms with van der Waals surface area (Å²) in [5, 5.41) is 3.46. The minimum atomic E-state index is -0.101. The zero-order valence-electron chi connectivity index (χ0n) is 11.3. The van der Waals surface area contributed by atoms with E-state index in [9.17, 15) is 4.79 Å². The highest BCUT2D eigenvalue weighted by Crippen LogP contribution is 2.17. The maximum Gasteiger partial charge on any atom is 0.257 e. The van der Waals surface area contributed by atoms with Crippen molar-refractivity contribution in [2.45, 2.75) is 33.1 Å². The van der Waals surface area contributed by atoms with Gasteiger partial charge in [0.15, 0.2) is 5.13 Å². The van der Waals surface area contributed by atoms with E-state index in [1.807, 2.05) is 31.2 Å². The molecule has 0 aliphatic rings. The van der Waals surface area contributed by atoms with E-state index in [-0.39, 0.29) is 5.91 Å². The summed E-state index contributed by atoms with van der Waals surface area (Å²) < 4.78 is 0. The van der Waals surface area contributed by atoms with Gasteiger partial charge < -0.3 is 0 Å². The minimum Gasteiger partial charge on any atom is -0.298 e. The molecule has 0 spiro atoms. The highest BCUT2D eigenvalue weighted by atomic mass is 32.1. The first-order valence-electron chi connectivity index (χ1n) is 6.51. The Balaban J connectivity index is 1.99. The number of benzene rings is 1. The first-order valence-corrected chi connectivity index (χ1v) is 7.33. The standard InChI is InChI=1S/C15H18N2OS/c1-3-4-5-12-6-8-13(9-7-12)14(18)17-15-16-10-11(2)19-15/h6-10H,3-5H2,1-2H3,(H,16,17,18). The predicted octanol–water partition coefficient (Wildman–Crippen LogP) is 4.05. The number of aryl methyl sites for hydroxylation is 2. The lowest BCUT2D eigenvalue weighted by Gasteiger charge is -2.03. The van der Waals surface area contributed by atoms with Gasteiger partial charge in [-0.3, -0.25) is 10.1 Å². The summed E-state index contributed by atoms with van der Waals surface area (Å²) in [6.07, 6.45) is 5.20. The molecule has 2 aromatic rings. The van der Waals surface area contributed by atoms with E-state index in [2.05, 4.69) is 17.2 Å². The molecule has 1 aromatic heterocycles. The van der Waals surface area contributed by atoms with Crippen LogP contribution in [0.3, 0.4) is 0 Å². The van der Waals surface area contributed by atoms with Gasteiger partial charge in [-0.05, 0) is 37.5 Å². The largest absolute Gasteiger partial charge is 0.298 e. The normalized spacial score (nSPS) is 10.4. The van der Waals surface area contributed by atoms with Gasteiger partial charge in [-0.25, -0.2) is 4.98 Å². The summed E-state index contributed by atoms with van der Waals surface area (Å²) in [6.45, 7) is 4.15. The summed E-state index contributed by atoms with van der Waals surface area (Å²) in [5.74, 6) is -0.101. The van der Waals surface area contributed by atoms with Crippen LogP contribution in [-0.2, 0) is 6.42 Å². The Labute approximate surface area is 117 Å². The van der Waals surface area contributed by atoms with Crippen LogP contribution in [0.1, 0.15) is 40.6 Å².